The first kappa shape index (κ1) is 17.9. The molecular formula is C19H17BrN4O2. The molecule has 2 aromatic carbocycles. The topological polar surface area (TPSA) is 76.0 Å². The van der Waals surface area contributed by atoms with Gasteiger partial charge in [-0.05, 0) is 61.0 Å². The Morgan fingerprint density at radius 1 is 1.08 bits per heavy atom. The third-order valence-electron chi connectivity index (χ3n) is 3.64. The van der Waals surface area contributed by atoms with E-state index < -0.39 is 0 Å². The number of amides is 2. The zero-order valence-electron chi connectivity index (χ0n) is 14.1. The Balaban J connectivity index is 1.54. The minimum absolute atomic E-state index is 0.102. The van der Waals surface area contributed by atoms with E-state index >= 15 is 0 Å². The van der Waals surface area contributed by atoms with E-state index in [4.69, 9.17) is 0 Å². The molecule has 0 atom stereocenters. The van der Waals surface area contributed by atoms with Crippen molar-refractivity contribution in [3.63, 3.8) is 0 Å². The lowest BCUT2D eigenvalue weighted by Crippen LogP contribution is -2.32. The summed E-state index contributed by atoms with van der Waals surface area (Å²) >= 11 is 3.33. The van der Waals surface area contributed by atoms with Gasteiger partial charge >= 0.3 is 0 Å². The standard InChI is InChI=1S/C19H17BrN4O2/c1-13-10-22-24(12-13)17-8-2-14(3-9-17)19(26)21-11-18(25)23-16-6-4-15(20)5-7-16/h2-10,12H,11H2,1H3,(H,21,26)(H,23,25). The first-order valence-electron chi connectivity index (χ1n) is 7.96. The molecule has 26 heavy (non-hydrogen) atoms. The molecule has 3 aromatic rings. The lowest BCUT2D eigenvalue weighted by Gasteiger charge is -2.08. The maximum absolute atomic E-state index is 12.2. The van der Waals surface area contributed by atoms with E-state index in [-0.39, 0.29) is 18.4 Å². The third-order valence-corrected chi connectivity index (χ3v) is 4.17. The number of hydrogen-bond donors (Lipinski definition) is 2. The number of nitrogens with zero attached hydrogens (tertiary/aromatic N) is 2. The van der Waals surface area contributed by atoms with Gasteiger partial charge in [0.05, 0.1) is 18.4 Å². The second kappa shape index (κ2) is 7.97. The summed E-state index contributed by atoms with van der Waals surface area (Å²) in [6.07, 6.45) is 3.67. The van der Waals surface area contributed by atoms with E-state index in [0.29, 0.717) is 11.3 Å². The van der Waals surface area contributed by atoms with Crippen LogP contribution in [0, 0.1) is 6.92 Å². The van der Waals surface area contributed by atoms with Gasteiger partial charge in [-0.25, -0.2) is 4.68 Å². The molecule has 0 aliphatic heterocycles. The van der Waals surface area contributed by atoms with Crippen molar-refractivity contribution in [3.8, 4) is 5.69 Å². The van der Waals surface area contributed by atoms with Crippen molar-refractivity contribution in [3.05, 3.63) is 76.5 Å². The number of aromatic nitrogens is 2. The van der Waals surface area contributed by atoms with Crippen molar-refractivity contribution < 1.29 is 9.59 Å². The Bertz CT molecular complexity index is 917. The predicted octanol–water partition coefficient (Wildman–Crippen LogP) is 3.31. The number of benzene rings is 2. The molecule has 0 aliphatic rings. The summed E-state index contributed by atoms with van der Waals surface area (Å²) in [5.74, 6) is -0.594. The Labute approximate surface area is 159 Å². The molecule has 0 radical (unpaired) electrons. The fourth-order valence-electron chi connectivity index (χ4n) is 2.32. The second-order valence-corrected chi connectivity index (χ2v) is 6.66. The molecule has 132 valence electrons. The number of nitrogens with one attached hydrogen (secondary N) is 2. The lowest BCUT2D eigenvalue weighted by atomic mass is 10.2. The normalized spacial score (nSPS) is 10.4. The Hall–Kier alpha value is -2.93. The fourth-order valence-corrected chi connectivity index (χ4v) is 2.58. The molecule has 2 N–H and O–H groups in total. The van der Waals surface area contributed by atoms with Crippen LogP contribution in [0.25, 0.3) is 5.69 Å². The highest BCUT2D eigenvalue weighted by atomic mass is 79.9. The average molecular weight is 413 g/mol. The molecule has 6 nitrogen and oxygen atoms in total. The van der Waals surface area contributed by atoms with Gasteiger partial charge in [-0.3, -0.25) is 9.59 Å². The molecule has 1 aromatic heterocycles. The number of anilines is 1. The SMILES string of the molecule is Cc1cnn(-c2ccc(C(=O)NCC(=O)Nc3ccc(Br)cc3)cc2)c1. The molecule has 0 fully saturated rings. The van der Waals surface area contributed by atoms with Crippen LogP contribution in [0.2, 0.25) is 0 Å². The van der Waals surface area contributed by atoms with Crippen LogP contribution in [0.4, 0.5) is 5.69 Å². The molecule has 0 saturated carbocycles. The van der Waals surface area contributed by atoms with E-state index in [2.05, 4.69) is 31.7 Å². The summed E-state index contributed by atoms with van der Waals surface area (Å²) in [6, 6.07) is 14.2. The predicted molar refractivity (Wildman–Crippen MR) is 103 cm³/mol. The van der Waals surface area contributed by atoms with Crippen molar-refractivity contribution in [2.75, 3.05) is 11.9 Å². The van der Waals surface area contributed by atoms with E-state index in [9.17, 15) is 9.59 Å². The van der Waals surface area contributed by atoms with Crippen molar-refractivity contribution in [2.45, 2.75) is 6.92 Å². The largest absolute Gasteiger partial charge is 0.343 e. The highest BCUT2D eigenvalue weighted by Gasteiger charge is 2.09. The quantitative estimate of drug-likeness (QED) is 0.674. The molecular weight excluding hydrogens is 396 g/mol. The molecule has 0 aliphatic carbocycles. The summed E-state index contributed by atoms with van der Waals surface area (Å²) in [5.41, 5.74) is 3.08. The Morgan fingerprint density at radius 3 is 2.38 bits per heavy atom. The average Bonchev–Trinajstić information content (AvgIpc) is 3.08. The number of aryl methyl sites for hydroxylation is 1. The van der Waals surface area contributed by atoms with Crippen molar-refractivity contribution >= 4 is 33.4 Å². The Morgan fingerprint density at radius 2 is 1.77 bits per heavy atom. The van der Waals surface area contributed by atoms with Crippen LogP contribution in [0.5, 0.6) is 0 Å². The highest BCUT2D eigenvalue weighted by molar-refractivity contribution is 9.10. The minimum atomic E-state index is -0.306. The van der Waals surface area contributed by atoms with Crippen molar-refractivity contribution in [1.82, 2.24) is 15.1 Å². The van der Waals surface area contributed by atoms with Gasteiger partial charge in [0.2, 0.25) is 5.91 Å². The van der Waals surface area contributed by atoms with Gasteiger partial charge in [0.1, 0.15) is 0 Å². The van der Waals surface area contributed by atoms with Crippen molar-refractivity contribution in [2.24, 2.45) is 0 Å². The van der Waals surface area contributed by atoms with Crippen LogP contribution < -0.4 is 10.6 Å². The van der Waals surface area contributed by atoms with Gasteiger partial charge in [-0.2, -0.15) is 5.10 Å². The number of hydrogen-bond acceptors (Lipinski definition) is 3. The summed E-state index contributed by atoms with van der Waals surface area (Å²) in [6.45, 7) is 1.86. The van der Waals surface area contributed by atoms with Crippen LogP contribution in [0.15, 0.2) is 65.4 Å². The zero-order chi connectivity index (χ0) is 18.5. The van der Waals surface area contributed by atoms with Crippen LogP contribution in [-0.2, 0) is 4.79 Å². The summed E-state index contributed by atoms with van der Waals surface area (Å²) in [5, 5.41) is 9.56. The van der Waals surface area contributed by atoms with Gasteiger partial charge in [0.15, 0.2) is 0 Å². The van der Waals surface area contributed by atoms with Crippen molar-refractivity contribution in [1.29, 1.82) is 0 Å². The molecule has 1 heterocycles. The molecule has 0 unspecified atom stereocenters. The van der Waals surface area contributed by atoms with E-state index in [1.807, 2.05) is 37.4 Å². The zero-order valence-corrected chi connectivity index (χ0v) is 15.7. The van der Waals surface area contributed by atoms with Crippen LogP contribution in [-0.4, -0.2) is 28.1 Å². The van der Waals surface area contributed by atoms with Crippen LogP contribution in [0.1, 0.15) is 15.9 Å². The smallest absolute Gasteiger partial charge is 0.251 e. The molecule has 3 rings (SSSR count). The molecule has 7 heteroatoms. The number of halogens is 1. The van der Waals surface area contributed by atoms with E-state index in [0.717, 1.165) is 15.7 Å². The molecule has 0 spiro atoms. The maximum Gasteiger partial charge on any atom is 0.251 e. The van der Waals surface area contributed by atoms with E-state index in [1.54, 1.807) is 35.1 Å². The molecule has 0 bridgehead atoms. The highest BCUT2D eigenvalue weighted by Crippen LogP contribution is 2.14. The minimum Gasteiger partial charge on any atom is -0.343 e. The lowest BCUT2D eigenvalue weighted by molar-refractivity contribution is -0.115. The Kier molecular flexibility index (Phi) is 5.48. The van der Waals surface area contributed by atoms with Crippen LogP contribution >= 0.6 is 15.9 Å². The monoisotopic (exact) mass is 412 g/mol. The second-order valence-electron chi connectivity index (χ2n) is 5.75. The summed E-state index contributed by atoms with van der Waals surface area (Å²) < 4.78 is 2.67. The van der Waals surface area contributed by atoms with Gasteiger partial charge in [-0.15, -0.1) is 0 Å². The number of carbonyl (C=O) groups excluding carboxylic acids is 2. The van der Waals surface area contributed by atoms with E-state index in [1.165, 1.54) is 0 Å². The van der Waals surface area contributed by atoms with Gasteiger partial charge in [0.25, 0.3) is 5.91 Å². The molecule has 0 saturated heterocycles. The summed E-state index contributed by atoms with van der Waals surface area (Å²) in [4.78, 5) is 24.1. The number of carbonyl (C=O) groups is 2. The first-order chi connectivity index (χ1) is 12.5. The van der Waals surface area contributed by atoms with Crippen LogP contribution in [0.3, 0.4) is 0 Å². The van der Waals surface area contributed by atoms with Gasteiger partial charge < -0.3 is 10.6 Å². The molecule has 2 amide bonds. The maximum atomic E-state index is 12.2. The first-order valence-corrected chi connectivity index (χ1v) is 8.76. The summed E-state index contributed by atoms with van der Waals surface area (Å²) in [7, 11) is 0. The fraction of sp³-hybridized carbons (Fsp3) is 0.105. The third kappa shape index (κ3) is 4.58. The number of rotatable bonds is 5. The van der Waals surface area contributed by atoms with Gasteiger partial charge in [-0.1, -0.05) is 15.9 Å². The van der Waals surface area contributed by atoms with Gasteiger partial charge in [0, 0.05) is 21.9 Å².